The van der Waals surface area contributed by atoms with Gasteiger partial charge >= 0.3 is 10.1 Å². The molecule has 0 aliphatic rings. The number of carbonyl (C=O) groups excluding carboxylic acids is 1. The predicted molar refractivity (Wildman–Crippen MR) is 135 cm³/mol. The maximum atomic E-state index is 12.6. The summed E-state index contributed by atoms with van der Waals surface area (Å²) in [7, 11) is -2.69. The van der Waals surface area contributed by atoms with Crippen LogP contribution in [-0.4, -0.2) is 26.4 Å². The minimum Gasteiger partial charge on any atom is -0.497 e. The predicted octanol–water partition coefficient (Wildman–Crippen LogP) is 5.33. The lowest BCUT2D eigenvalue weighted by Crippen LogP contribution is -2.14. The highest BCUT2D eigenvalue weighted by atomic mass is 79.9. The Morgan fingerprint density at radius 1 is 1.17 bits per heavy atom. The topological polar surface area (TPSA) is 149 Å². The molecular weight excluding hydrogens is 578 g/mol. The van der Waals surface area contributed by atoms with Gasteiger partial charge < -0.3 is 14.2 Å². The number of rotatable bonds is 8. The number of halogens is 2. The summed E-state index contributed by atoms with van der Waals surface area (Å²) in [6, 6.07) is 15.1. The third-order valence-electron chi connectivity index (χ3n) is 4.59. The fourth-order valence-corrected chi connectivity index (χ4v) is 4.51. The Hall–Kier alpha value is -3.92. The van der Waals surface area contributed by atoms with Crippen molar-refractivity contribution in [3.05, 3.63) is 91.4 Å². The SMILES string of the molecule is COc1ccc(S(=O)(=O)Oc2ccc(/C=C(\C#N)C(=O)Nc3cc([N+](=O)[O-])ccc3Cl)cc2Br)cc1. The Morgan fingerprint density at radius 2 is 1.86 bits per heavy atom. The lowest BCUT2D eigenvalue weighted by atomic mass is 10.1. The molecule has 3 rings (SSSR count). The van der Waals surface area contributed by atoms with Crippen LogP contribution in [0.5, 0.6) is 11.5 Å². The maximum Gasteiger partial charge on any atom is 0.339 e. The molecule has 0 atom stereocenters. The molecule has 0 saturated carbocycles. The van der Waals surface area contributed by atoms with Gasteiger partial charge in [0.05, 0.1) is 27.2 Å². The number of nitrogens with one attached hydrogen (secondary N) is 1. The number of hydrogen-bond donors (Lipinski definition) is 1. The smallest absolute Gasteiger partial charge is 0.339 e. The summed E-state index contributed by atoms with van der Waals surface area (Å²) in [5, 5.41) is 22.8. The van der Waals surface area contributed by atoms with Crippen molar-refractivity contribution in [1.29, 1.82) is 5.26 Å². The van der Waals surface area contributed by atoms with E-state index >= 15 is 0 Å². The number of benzene rings is 3. The molecule has 36 heavy (non-hydrogen) atoms. The van der Waals surface area contributed by atoms with Gasteiger partial charge in [0.15, 0.2) is 5.75 Å². The summed E-state index contributed by atoms with van der Waals surface area (Å²) in [4.78, 5) is 22.8. The molecule has 3 aromatic rings. The Balaban J connectivity index is 1.81. The monoisotopic (exact) mass is 591 g/mol. The van der Waals surface area contributed by atoms with E-state index < -0.39 is 20.9 Å². The minimum atomic E-state index is -4.14. The fourth-order valence-electron chi connectivity index (χ4n) is 2.81. The Bertz CT molecular complexity index is 1520. The number of nitro groups is 1. The molecule has 0 unspecified atom stereocenters. The van der Waals surface area contributed by atoms with Gasteiger partial charge in [-0.25, -0.2) is 0 Å². The molecule has 1 N–H and O–H groups in total. The van der Waals surface area contributed by atoms with Crippen LogP contribution in [0.4, 0.5) is 11.4 Å². The van der Waals surface area contributed by atoms with Crippen molar-refractivity contribution in [2.45, 2.75) is 4.90 Å². The van der Waals surface area contributed by atoms with Crippen molar-refractivity contribution in [3.63, 3.8) is 0 Å². The molecule has 0 spiro atoms. The van der Waals surface area contributed by atoms with Crippen molar-refractivity contribution in [1.82, 2.24) is 0 Å². The lowest BCUT2D eigenvalue weighted by Gasteiger charge is -2.10. The van der Waals surface area contributed by atoms with Crippen LogP contribution < -0.4 is 14.2 Å². The van der Waals surface area contributed by atoms with Crippen LogP contribution in [0.2, 0.25) is 5.02 Å². The summed E-state index contributed by atoms with van der Waals surface area (Å²) in [6.45, 7) is 0. The Kier molecular flexibility index (Phi) is 8.31. The molecule has 3 aromatic carbocycles. The molecule has 0 heterocycles. The molecule has 0 bridgehead atoms. The molecule has 0 aliphatic heterocycles. The normalized spacial score (nSPS) is 11.3. The van der Waals surface area contributed by atoms with Crippen LogP contribution in [-0.2, 0) is 14.9 Å². The number of nitrogens with zero attached hydrogens (tertiary/aromatic N) is 2. The zero-order valence-electron chi connectivity index (χ0n) is 18.3. The van der Waals surface area contributed by atoms with Crippen LogP contribution in [0.3, 0.4) is 0 Å². The number of ether oxygens (including phenoxy) is 1. The van der Waals surface area contributed by atoms with E-state index in [-0.39, 0.29) is 37.1 Å². The molecule has 1 amide bonds. The third-order valence-corrected chi connectivity index (χ3v) is 6.79. The van der Waals surface area contributed by atoms with E-state index in [0.717, 1.165) is 6.07 Å². The maximum absolute atomic E-state index is 12.6. The molecule has 10 nitrogen and oxygen atoms in total. The van der Waals surface area contributed by atoms with E-state index in [1.54, 1.807) is 6.07 Å². The van der Waals surface area contributed by atoms with E-state index in [1.807, 2.05) is 0 Å². The minimum absolute atomic E-state index is 0.0192. The summed E-state index contributed by atoms with van der Waals surface area (Å²) < 4.78 is 35.6. The molecule has 0 aliphatic carbocycles. The highest BCUT2D eigenvalue weighted by Gasteiger charge is 2.19. The van der Waals surface area contributed by atoms with Gasteiger partial charge in [0.25, 0.3) is 11.6 Å². The molecular formula is C23H15BrClN3O7S. The van der Waals surface area contributed by atoms with E-state index in [4.69, 9.17) is 20.5 Å². The number of nitro benzene ring substituents is 1. The average molecular weight is 593 g/mol. The molecule has 13 heteroatoms. The highest BCUT2D eigenvalue weighted by Crippen LogP contribution is 2.31. The van der Waals surface area contributed by atoms with Gasteiger partial charge in [-0.05, 0) is 70.0 Å². The van der Waals surface area contributed by atoms with Crippen LogP contribution in [0.1, 0.15) is 5.56 Å². The second-order valence-electron chi connectivity index (χ2n) is 6.95. The van der Waals surface area contributed by atoms with Gasteiger partial charge in [0, 0.05) is 12.1 Å². The zero-order chi connectivity index (χ0) is 26.5. The standard InChI is InChI=1S/C23H15BrClN3O7S/c1-34-17-4-6-18(7-5-17)36(32,33)35-22-9-2-14(11-19(22)24)10-15(13-26)23(29)27-21-12-16(28(30)31)3-8-20(21)25/h2-12H,1H3,(H,27,29)/b15-10+. The van der Waals surface area contributed by atoms with Gasteiger partial charge in [0.1, 0.15) is 22.3 Å². The summed E-state index contributed by atoms with van der Waals surface area (Å²) >= 11 is 9.21. The lowest BCUT2D eigenvalue weighted by molar-refractivity contribution is -0.384. The highest BCUT2D eigenvalue weighted by molar-refractivity contribution is 9.10. The number of methoxy groups -OCH3 is 1. The fraction of sp³-hybridized carbons (Fsp3) is 0.0435. The number of hydrogen-bond acceptors (Lipinski definition) is 8. The quantitative estimate of drug-likeness (QED) is 0.121. The number of non-ortho nitro benzene ring substituents is 1. The van der Waals surface area contributed by atoms with Gasteiger partial charge in [0.2, 0.25) is 0 Å². The van der Waals surface area contributed by atoms with Crippen molar-refractivity contribution in [2.75, 3.05) is 12.4 Å². The van der Waals surface area contributed by atoms with E-state index in [1.165, 1.54) is 67.8 Å². The van der Waals surface area contributed by atoms with Gasteiger partial charge in [-0.15, -0.1) is 0 Å². The van der Waals surface area contributed by atoms with Crippen LogP contribution in [0.15, 0.2) is 75.6 Å². The second kappa shape index (κ2) is 11.2. The molecule has 0 radical (unpaired) electrons. The molecule has 0 fully saturated rings. The van der Waals surface area contributed by atoms with Crippen LogP contribution >= 0.6 is 27.5 Å². The number of amides is 1. The second-order valence-corrected chi connectivity index (χ2v) is 9.76. The van der Waals surface area contributed by atoms with Crippen LogP contribution in [0.25, 0.3) is 6.08 Å². The number of anilines is 1. The first-order chi connectivity index (χ1) is 17.0. The first-order valence-electron chi connectivity index (χ1n) is 9.79. The summed E-state index contributed by atoms with van der Waals surface area (Å²) in [5.41, 5.74) is -0.288. The third kappa shape index (κ3) is 6.39. The van der Waals surface area contributed by atoms with Crippen molar-refractivity contribution in [3.8, 4) is 17.6 Å². The zero-order valence-corrected chi connectivity index (χ0v) is 21.4. The number of carbonyl (C=O) groups is 1. The van der Waals surface area contributed by atoms with Crippen LogP contribution in [0, 0.1) is 21.4 Å². The van der Waals surface area contributed by atoms with Gasteiger partial charge in [-0.1, -0.05) is 17.7 Å². The van der Waals surface area contributed by atoms with Gasteiger partial charge in [-0.2, -0.15) is 13.7 Å². The van der Waals surface area contributed by atoms with Crippen molar-refractivity contribution >= 4 is 61.0 Å². The van der Waals surface area contributed by atoms with E-state index in [0.29, 0.717) is 11.3 Å². The van der Waals surface area contributed by atoms with E-state index in [2.05, 4.69) is 21.2 Å². The molecule has 184 valence electrons. The largest absolute Gasteiger partial charge is 0.497 e. The molecule has 0 aromatic heterocycles. The summed E-state index contributed by atoms with van der Waals surface area (Å²) in [6.07, 6.45) is 1.24. The average Bonchev–Trinajstić information content (AvgIpc) is 2.85. The summed E-state index contributed by atoms with van der Waals surface area (Å²) in [5.74, 6) is -0.385. The Morgan fingerprint density at radius 3 is 2.44 bits per heavy atom. The van der Waals surface area contributed by atoms with Crippen molar-refractivity contribution in [2.24, 2.45) is 0 Å². The van der Waals surface area contributed by atoms with Crippen molar-refractivity contribution < 1.29 is 27.1 Å². The first-order valence-corrected chi connectivity index (χ1v) is 12.4. The van der Waals surface area contributed by atoms with E-state index in [9.17, 15) is 28.6 Å². The number of nitriles is 1. The molecule has 0 saturated heterocycles. The van der Waals surface area contributed by atoms with Gasteiger partial charge in [-0.3, -0.25) is 14.9 Å². The first kappa shape index (κ1) is 26.7. The Labute approximate surface area is 219 Å².